The van der Waals surface area contributed by atoms with E-state index in [0.717, 1.165) is 34.4 Å². The van der Waals surface area contributed by atoms with Crippen LogP contribution in [0.5, 0.6) is 0 Å². The maximum absolute atomic E-state index is 4.81. The minimum absolute atomic E-state index is 0. The number of hydrogen-bond acceptors (Lipinski definition) is 2. The molecule has 0 saturated carbocycles. The Morgan fingerprint density at radius 2 is 0.600 bits per heavy atom. The fourth-order valence-corrected chi connectivity index (χ4v) is 3.45. The molecule has 0 aliphatic carbocycles. The molecule has 2 heterocycles. The molecule has 2 rings (SSSR count). The average molecular weight is 608 g/mol. The summed E-state index contributed by atoms with van der Waals surface area (Å²) in [5.74, 6) is 1.93. The summed E-state index contributed by atoms with van der Waals surface area (Å²) >= 11 is 0. The van der Waals surface area contributed by atoms with Gasteiger partial charge >= 0.3 is 48.9 Å². The Kier molecular flexibility index (Phi) is 11.0. The molecule has 35 heavy (non-hydrogen) atoms. The molecule has 0 amide bonds. The van der Waals surface area contributed by atoms with Crippen LogP contribution >= 0.6 is 0 Å². The van der Waals surface area contributed by atoms with Crippen LogP contribution in [0.3, 0.4) is 0 Å². The predicted molar refractivity (Wildman–Crippen MR) is 153 cm³/mol. The summed E-state index contributed by atoms with van der Waals surface area (Å²) in [6.45, 7) is 39.5. The Bertz CT molecular complexity index is 808. The predicted octanol–water partition coefficient (Wildman–Crippen LogP) is 7.48. The molecule has 0 aliphatic heterocycles. The molecule has 0 fully saturated rings. The number of hydrogen-bond donors (Lipinski definition) is 0. The van der Waals surface area contributed by atoms with Gasteiger partial charge in [0.15, 0.2) is 0 Å². The molecule has 4 nitrogen and oxygen atoms in total. The van der Waals surface area contributed by atoms with Gasteiger partial charge in [0.1, 0.15) is 0 Å². The minimum Gasteiger partial charge on any atom is -0.442 e. The first-order chi connectivity index (χ1) is 14.7. The minimum atomic E-state index is 0. The van der Waals surface area contributed by atoms with Crippen LogP contribution in [-0.4, -0.2) is 58.8 Å². The van der Waals surface area contributed by atoms with Crippen molar-refractivity contribution in [1.29, 1.82) is 0 Å². The van der Waals surface area contributed by atoms with E-state index in [4.69, 9.17) is 19.9 Å². The van der Waals surface area contributed by atoms with Crippen molar-refractivity contribution in [3.63, 3.8) is 0 Å². The van der Waals surface area contributed by atoms with E-state index in [-0.39, 0.29) is 81.4 Å². The number of imidazole rings is 2. The van der Waals surface area contributed by atoms with E-state index >= 15 is 0 Å². The number of rotatable bonds is 0. The van der Waals surface area contributed by atoms with Crippen LogP contribution in [0.15, 0.2) is 0 Å². The Morgan fingerprint density at radius 3 is 0.714 bits per heavy atom. The van der Waals surface area contributed by atoms with Gasteiger partial charge in [-0.3, -0.25) is 0 Å². The smallest absolute Gasteiger partial charge is 0.442 e. The van der Waals surface area contributed by atoms with E-state index < -0.39 is 0 Å². The molecule has 0 N–H and O–H groups in total. The summed E-state index contributed by atoms with van der Waals surface area (Å²) in [5, 5.41) is 0. The molecule has 2 aromatic heterocycles. The van der Waals surface area contributed by atoms with Crippen molar-refractivity contribution < 1.29 is 0 Å². The van der Waals surface area contributed by atoms with Gasteiger partial charge in [0.25, 0.3) is 0 Å². The Hall–Kier alpha value is -0.00857. The first-order valence-electron chi connectivity index (χ1n) is 12.8. The van der Waals surface area contributed by atoms with Crippen molar-refractivity contribution in [1.82, 2.24) is 19.9 Å². The van der Waals surface area contributed by atoms with Gasteiger partial charge < -0.3 is 19.9 Å². The first kappa shape index (κ1) is 35.0. The standard InChI is InChI=1S/2C15H27N2.Ba/c2*1-13(2,3)10-11(14(4,5)6)17-12(16-10)15(7,8)9;/h2*1-9H3;/q2*-1;+2. The molecule has 196 valence electrons. The second kappa shape index (κ2) is 11.0. The molecule has 0 bridgehead atoms. The third-order valence-electron chi connectivity index (χ3n) is 5.50. The summed E-state index contributed by atoms with van der Waals surface area (Å²) < 4.78 is 0. The third kappa shape index (κ3) is 9.67. The van der Waals surface area contributed by atoms with Gasteiger partial charge in [0.2, 0.25) is 0 Å². The summed E-state index contributed by atoms with van der Waals surface area (Å²) in [7, 11) is 0. The summed E-state index contributed by atoms with van der Waals surface area (Å²) in [5.41, 5.74) is 4.85. The second-order valence-electron chi connectivity index (χ2n) is 16.0. The van der Waals surface area contributed by atoms with Crippen molar-refractivity contribution in [3.05, 3.63) is 34.4 Å². The van der Waals surface area contributed by atoms with Crippen LogP contribution < -0.4 is 9.97 Å². The molecule has 0 atom stereocenters. The number of nitrogens with zero attached hydrogens (tertiary/aromatic N) is 4. The SMILES string of the molecule is CC(C)(C)c1nc(C(C)(C)C)c(C(C)(C)C)[n-]1.CC(C)(C)c1nc(C(C)(C)C)c(C(C)(C)C)[n-]1.[Ba+2]. The first-order valence-corrected chi connectivity index (χ1v) is 12.8. The van der Waals surface area contributed by atoms with Crippen LogP contribution in [0.25, 0.3) is 0 Å². The van der Waals surface area contributed by atoms with Gasteiger partial charge in [0, 0.05) is 0 Å². The molecule has 0 radical (unpaired) electrons. The van der Waals surface area contributed by atoms with E-state index in [9.17, 15) is 0 Å². The van der Waals surface area contributed by atoms with Gasteiger partial charge in [-0.15, -0.1) is 0 Å². The number of aromatic nitrogens is 4. The molecule has 0 aliphatic rings. The molecule has 0 aromatic carbocycles. The van der Waals surface area contributed by atoms with Crippen molar-refractivity contribution in [2.45, 2.75) is 157 Å². The van der Waals surface area contributed by atoms with Crippen molar-refractivity contribution in [3.8, 4) is 0 Å². The summed E-state index contributed by atoms with van der Waals surface area (Å²) in [4.78, 5) is 19.2. The fourth-order valence-electron chi connectivity index (χ4n) is 3.45. The van der Waals surface area contributed by atoms with Crippen LogP contribution in [0.4, 0.5) is 0 Å². The summed E-state index contributed by atoms with van der Waals surface area (Å²) in [6.07, 6.45) is 0. The van der Waals surface area contributed by atoms with Gasteiger partial charge in [0.05, 0.1) is 0 Å². The van der Waals surface area contributed by atoms with Crippen molar-refractivity contribution in [2.24, 2.45) is 0 Å². The molecule has 0 spiro atoms. The molecule has 5 heteroatoms. The van der Waals surface area contributed by atoms with Crippen LogP contribution in [0, 0.1) is 0 Å². The van der Waals surface area contributed by atoms with Crippen molar-refractivity contribution in [2.75, 3.05) is 0 Å². The van der Waals surface area contributed by atoms with Crippen LogP contribution in [0.2, 0.25) is 0 Å². The second-order valence-corrected chi connectivity index (χ2v) is 16.0. The van der Waals surface area contributed by atoms with Crippen LogP contribution in [0.1, 0.15) is 159 Å². The van der Waals surface area contributed by atoms with Gasteiger partial charge in [-0.2, -0.15) is 0 Å². The zero-order valence-corrected chi connectivity index (χ0v) is 30.9. The average Bonchev–Trinajstić information content (AvgIpc) is 3.18. The largest absolute Gasteiger partial charge is 2.00 e. The Balaban J connectivity index is 0.000000642. The monoisotopic (exact) mass is 608 g/mol. The van der Waals surface area contributed by atoms with Crippen LogP contribution in [-0.2, 0) is 32.5 Å². The van der Waals surface area contributed by atoms with E-state index in [0.29, 0.717) is 0 Å². The molecule has 0 saturated heterocycles. The van der Waals surface area contributed by atoms with E-state index in [1.54, 1.807) is 0 Å². The molecular formula is C30H54BaN4. The van der Waals surface area contributed by atoms with E-state index in [2.05, 4.69) is 125 Å². The fraction of sp³-hybridized carbons (Fsp3) is 0.800. The molecule has 2 aromatic rings. The quantitative estimate of drug-likeness (QED) is 0.291. The van der Waals surface area contributed by atoms with E-state index in [1.807, 2.05) is 0 Å². The zero-order valence-electron chi connectivity index (χ0n) is 26.5. The molecular weight excluding hydrogens is 554 g/mol. The topological polar surface area (TPSA) is 54.0 Å². The van der Waals surface area contributed by atoms with Gasteiger partial charge in [-0.1, -0.05) is 159 Å². The Labute approximate surface area is 258 Å². The summed E-state index contributed by atoms with van der Waals surface area (Å²) in [6, 6.07) is 0. The molecule has 0 unspecified atom stereocenters. The third-order valence-corrected chi connectivity index (χ3v) is 5.50. The van der Waals surface area contributed by atoms with Crippen molar-refractivity contribution >= 4 is 48.9 Å². The normalized spacial score (nSPS) is 13.8. The Morgan fingerprint density at radius 1 is 0.371 bits per heavy atom. The van der Waals surface area contributed by atoms with Gasteiger partial charge in [-0.25, -0.2) is 0 Å². The zero-order chi connectivity index (χ0) is 27.3. The maximum Gasteiger partial charge on any atom is 2.00 e. The van der Waals surface area contributed by atoms with E-state index in [1.165, 1.54) is 0 Å². The van der Waals surface area contributed by atoms with Gasteiger partial charge in [-0.05, 0) is 32.5 Å². The maximum atomic E-state index is 4.81.